The minimum Gasteiger partial charge on any atom is -0.396 e. The highest BCUT2D eigenvalue weighted by atomic mass is 127. The molecule has 1 N–H and O–H groups in total. The number of unbranched alkanes of at least 4 members (excludes halogenated alkanes) is 2. The van der Waals surface area contributed by atoms with E-state index in [2.05, 4.69) is 0 Å². The summed E-state index contributed by atoms with van der Waals surface area (Å²) < 4.78 is 222. The lowest BCUT2D eigenvalue weighted by molar-refractivity contribution is -0.459. The standard InChI is InChI=1S/C15H12F17IO/c16-8(17,6-7(33)4-2-1-3-5-34)9(18,19)10(20,21)11(22,23)12(24,25)13(26,27)14(28,29)15(30,31)32/h6,34H,1-5H2. The first-order chi connectivity index (χ1) is 14.7. The van der Waals surface area contributed by atoms with Crippen LogP contribution in [0.15, 0.2) is 9.66 Å². The van der Waals surface area contributed by atoms with Crippen LogP contribution in [-0.2, 0) is 0 Å². The molecular formula is C15H12F17IO. The highest BCUT2D eigenvalue weighted by Gasteiger charge is 2.95. The first-order valence-corrected chi connectivity index (χ1v) is 9.48. The van der Waals surface area contributed by atoms with Crippen molar-refractivity contribution >= 4 is 22.6 Å². The number of aliphatic hydroxyl groups is 1. The van der Waals surface area contributed by atoms with Crippen LogP contribution < -0.4 is 0 Å². The Balaban J connectivity index is 6.45. The zero-order valence-corrected chi connectivity index (χ0v) is 18.0. The molecule has 0 aromatic carbocycles. The molecule has 0 heterocycles. The van der Waals surface area contributed by atoms with Crippen LogP contribution in [0.1, 0.15) is 25.7 Å². The third-order valence-corrected chi connectivity index (χ3v) is 5.01. The van der Waals surface area contributed by atoms with E-state index >= 15 is 0 Å². The summed E-state index contributed by atoms with van der Waals surface area (Å²) in [7, 11) is 0. The first kappa shape index (κ1) is 33.2. The Labute approximate surface area is 192 Å². The molecule has 0 rings (SSSR count). The molecule has 0 aliphatic heterocycles. The molecular weight excluding hydrogens is 646 g/mol. The molecule has 0 saturated carbocycles. The van der Waals surface area contributed by atoms with Gasteiger partial charge >= 0.3 is 47.6 Å². The fourth-order valence-electron chi connectivity index (χ4n) is 2.12. The summed E-state index contributed by atoms with van der Waals surface area (Å²) in [4.78, 5) is 0. The predicted octanol–water partition coefficient (Wildman–Crippen LogP) is 7.87. The van der Waals surface area contributed by atoms with Crippen molar-refractivity contribution in [3.05, 3.63) is 9.66 Å². The van der Waals surface area contributed by atoms with Gasteiger partial charge in [-0.05, 0) is 45.4 Å². The lowest BCUT2D eigenvalue weighted by Crippen LogP contribution is -2.74. The molecule has 0 aromatic heterocycles. The number of alkyl halides is 17. The predicted molar refractivity (Wildman–Crippen MR) is 88.3 cm³/mol. The smallest absolute Gasteiger partial charge is 0.396 e. The zero-order valence-electron chi connectivity index (χ0n) is 15.9. The van der Waals surface area contributed by atoms with Crippen molar-refractivity contribution < 1.29 is 79.7 Å². The van der Waals surface area contributed by atoms with E-state index in [-0.39, 0.29) is 19.3 Å². The first-order valence-electron chi connectivity index (χ1n) is 8.40. The number of hydrogen-bond acceptors (Lipinski definition) is 1. The fourth-order valence-corrected chi connectivity index (χ4v) is 2.89. The van der Waals surface area contributed by atoms with Gasteiger partial charge < -0.3 is 5.11 Å². The topological polar surface area (TPSA) is 20.2 Å². The van der Waals surface area contributed by atoms with Gasteiger partial charge in [0.05, 0.1) is 0 Å². The molecule has 0 unspecified atom stereocenters. The molecule has 0 bridgehead atoms. The summed E-state index contributed by atoms with van der Waals surface area (Å²) in [6.45, 7) is -0.401. The van der Waals surface area contributed by atoms with Crippen molar-refractivity contribution in [1.29, 1.82) is 0 Å². The fraction of sp³-hybridized carbons (Fsp3) is 0.867. The normalized spacial score (nSPS) is 16.3. The molecule has 204 valence electrons. The molecule has 34 heavy (non-hydrogen) atoms. The Morgan fingerprint density at radius 1 is 0.529 bits per heavy atom. The lowest BCUT2D eigenvalue weighted by atomic mass is 9.89. The Bertz CT molecular complexity index is 725. The lowest BCUT2D eigenvalue weighted by Gasteiger charge is -2.42. The van der Waals surface area contributed by atoms with Crippen LogP contribution in [0.2, 0.25) is 0 Å². The van der Waals surface area contributed by atoms with Crippen molar-refractivity contribution in [3.63, 3.8) is 0 Å². The summed E-state index contributed by atoms with van der Waals surface area (Å²) in [6.07, 6.45) is -9.56. The van der Waals surface area contributed by atoms with Gasteiger partial charge in [-0.3, -0.25) is 0 Å². The monoisotopic (exact) mass is 658 g/mol. The van der Waals surface area contributed by atoms with Gasteiger partial charge in [0, 0.05) is 12.7 Å². The summed E-state index contributed by atoms with van der Waals surface area (Å²) in [5.41, 5.74) is 0. The highest BCUT2D eigenvalue weighted by Crippen LogP contribution is 2.64. The van der Waals surface area contributed by atoms with Gasteiger partial charge in [-0.15, -0.1) is 0 Å². The molecule has 0 saturated heterocycles. The maximum absolute atomic E-state index is 13.7. The van der Waals surface area contributed by atoms with E-state index in [9.17, 15) is 74.6 Å². The molecule has 0 radical (unpaired) electrons. The van der Waals surface area contributed by atoms with Crippen LogP contribution in [0.25, 0.3) is 0 Å². The summed E-state index contributed by atoms with van der Waals surface area (Å²) in [5.74, 6) is -56.3. The Kier molecular flexibility index (Phi) is 9.73. The van der Waals surface area contributed by atoms with Gasteiger partial charge in [0.15, 0.2) is 0 Å². The number of hydrogen-bond donors (Lipinski definition) is 1. The molecule has 1 nitrogen and oxygen atoms in total. The van der Waals surface area contributed by atoms with Crippen molar-refractivity contribution in [2.45, 2.75) is 73.3 Å². The van der Waals surface area contributed by atoms with E-state index in [1.807, 2.05) is 0 Å². The molecule has 0 spiro atoms. The molecule has 0 aliphatic rings. The molecule has 19 heteroatoms. The number of halogens is 18. The molecule has 0 fully saturated rings. The maximum Gasteiger partial charge on any atom is 0.460 e. The number of aliphatic hydroxyl groups excluding tert-OH is 1. The second kappa shape index (κ2) is 9.95. The van der Waals surface area contributed by atoms with Gasteiger partial charge in [0.2, 0.25) is 0 Å². The average Bonchev–Trinajstić information content (AvgIpc) is 2.62. The van der Waals surface area contributed by atoms with E-state index in [4.69, 9.17) is 5.11 Å². The molecule has 0 amide bonds. The Morgan fingerprint density at radius 2 is 0.882 bits per heavy atom. The van der Waals surface area contributed by atoms with Gasteiger partial charge in [0.25, 0.3) is 0 Å². The van der Waals surface area contributed by atoms with Crippen LogP contribution in [-0.4, -0.2) is 59.3 Å². The van der Waals surface area contributed by atoms with Crippen LogP contribution in [0, 0.1) is 0 Å². The Hall–Kier alpha value is -0.760. The van der Waals surface area contributed by atoms with Gasteiger partial charge in [-0.25, -0.2) is 0 Å². The SMILES string of the molecule is OCCCCCC(I)=CC(F)(F)C(F)(F)C(F)(F)C(F)(F)C(F)(F)C(F)(F)C(F)(F)C(F)(F)F. The van der Waals surface area contributed by atoms with Crippen LogP contribution in [0.4, 0.5) is 74.6 Å². The van der Waals surface area contributed by atoms with E-state index in [0.29, 0.717) is 0 Å². The van der Waals surface area contributed by atoms with E-state index in [1.165, 1.54) is 0 Å². The minimum atomic E-state index is -8.62. The minimum absolute atomic E-state index is 0.0573. The number of rotatable bonds is 12. The second-order valence-electron chi connectivity index (χ2n) is 6.69. The molecule has 0 atom stereocenters. The molecule has 0 aromatic rings. The summed E-state index contributed by atoms with van der Waals surface area (Å²) in [6, 6.07) is 0. The third kappa shape index (κ3) is 5.33. The van der Waals surface area contributed by atoms with E-state index in [1.54, 1.807) is 0 Å². The van der Waals surface area contributed by atoms with Crippen LogP contribution >= 0.6 is 22.6 Å². The van der Waals surface area contributed by atoms with Gasteiger partial charge in [-0.1, -0.05) is 6.42 Å². The van der Waals surface area contributed by atoms with Crippen LogP contribution in [0.5, 0.6) is 0 Å². The Morgan fingerprint density at radius 3 is 1.24 bits per heavy atom. The summed E-state index contributed by atoms with van der Waals surface area (Å²) in [5, 5.41) is 8.49. The van der Waals surface area contributed by atoms with Crippen molar-refractivity contribution in [3.8, 4) is 0 Å². The van der Waals surface area contributed by atoms with Crippen LogP contribution in [0.3, 0.4) is 0 Å². The third-order valence-electron chi connectivity index (χ3n) is 4.16. The van der Waals surface area contributed by atoms with E-state index < -0.39 is 70.3 Å². The highest BCUT2D eigenvalue weighted by molar-refractivity contribution is 14.1. The van der Waals surface area contributed by atoms with Gasteiger partial charge in [-0.2, -0.15) is 74.6 Å². The largest absolute Gasteiger partial charge is 0.460 e. The number of allylic oxidation sites excluding steroid dienone is 2. The molecule has 0 aliphatic carbocycles. The van der Waals surface area contributed by atoms with Crippen molar-refractivity contribution in [1.82, 2.24) is 0 Å². The van der Waals surface area contributed by atoms with Crippen molar-refractivity contribution in [2.24, 2.45) is 0 Å². The zero-order chi connectivity index (χ0) is 27.8. The maximum atomic E-state index is 13.7. The quantitative estimate of drug-likeness (QED) is 0.129. The average molecular weight is 658 g/mol. The van der Waals surface area contributed by atoms with Gasteiger partial charge in [0.1, 0.15) is 0 Å². The summed E-state index contributed by atoms with van der Waals surface area (Å²) >= 11 is 0.816. The van der Waals surface area contributed by atoms with E-state index in [0.717, 1.165) is 22.6 Å². The van der Waals surface area contributed by atoms with Crippen molar-refractivity contribution in [2.75, 3.05) is 6.61 Å². The second-order valence-corrected chi connectivity index (χ2v) is 8.08.